The molecular formula is C32H39NO5. The molecule has 1 saturated heterocycles. The highest BCUT2D eigenvalue weighted by Gasteiger charge is 2.53. The molecule has 2 amide bonds. The Balaban J connectivity index is 1.66. The number of nitrogens with zero attached hydrogens (tertiary/aromatic N) is 1. The smallest absolute Gasteiger partial charge is 0.233 e. The van der Waals surface area contributed by atoms with E-state index in [9.17, 15) is 24.9 Å². The van der Waals surface area contributed by atoms with E-state index in [2.05, 4.69) is 13.0 Å². The number of amides is 2. The molecule has 38 heavy (non-hydrogen) atoms. The van der Waals surface area contributed by atoms with Crippen LogP contribution >= 0.6 is 0 Å². The van der Waals surface area contributed by atoms with Crippen molar-refractivity contribution in [2.45, 2.75) is 59.0 Å². The largest absolute Gasteiger partial charge is 0.507 e. The van der Waals surface area contributed by atoms with E-state index in [1.54, 1.807) is 0 Å². The lowest BCUT2D eigenvalue weighted by atomic mass is 9.67. The number of aliphatic hydroxyl groups excluding tert-OH is 2. The van der Waals surface area contributed by atoms with Crippen LogP contribution in [0.1, 0.15) is 61.3 Å². The number of imide groups is 1. The second-order valence-corrected chi connectivity index (χ2v) is 10.8. The number of carbonyl (C=O) groups is 2. The number of phenols is 1. The monoisotopic (exact) mass is 517 g/mol. The van der Waals surface area contributed by atoms with Crippen LogP contribution in [-0.4, -0.2) is 51.8 Å². The first-order chi connectivity index (χ1) is 18.2. The van der Waals surface area contributed by atoms with Crippen molar-refractivity contribution in [2.24, 2.45) is 17.8 Å². The van der Waals surface area contributed by atoms with Crippen LogP contribution in [0.5, 0.6) is 5.75 Å². The van der Waals surface area contributed by atoms with E-state index in [0.29, 0.717) is 25.0 Å². The molecule has 0 spiro atoms. The number of fused-ring (bicyclic) bond motifs is 1. The lowest BCUT2D eigenvalue weighted by Gasteiger charge is -2.36. The summed E-state index contributed by atoms with van der Waals surface area (Å²) in [5.74, 6) is -1.78. The van der Waals surface area contributed by atoms with E-state index in [1.165, 1.54) is 11.9 Å². The van der Waals surface area contributed by atoms with Gasteiger partial charge in [0.2, 0.25) is 11.8 Å². The van der Waals surface area contributed by atoms with Crippen molar-refractivity contribution in [2.75, 3.05) is 13.7 Å². The number of hydrogen-bond acceptors (Lipinski definition) is 5. The van der Waals surface area contributed by atoms with Gasteiger partial charge in [0.05, 0.1) is 24.5 Å². The van der Waals surface area contributed by atoms with Gasteiger partial charge in [-0.3, -0.25) is 14.5 Å². The highest BCUT2D eigenvalue weighted by molar-refractivity contribution is 6.05. The van der Waals surface area contributed by atoms with E-state index in [-0.39, 0.29) is 18.4 Å². The minimum atomic E-state index is -0.834. The number of aliphatic hydroxyl groups is 2. The second kappa shape index (κ2) is 11.7. The third-order valence-electron chi connectivity index (χ3n) is 8.20. The normalized spacial score (nSPS) is 22.7. The predicted octanol–water partition coefficient (Wildman–Crippen LogP) is 5.03. The molecule has 0 radical (unpaired) electrons. The molecule has 2 aromatic carbocycles. The number of rotatable bonds is 9. The number of likely N-dealkylation sites (tertiary alicyclic amines) is 1. The Hall–Kier alpha value is -3.22. The van der Waals surface area contributed by atoms with Crippen molar-refractivity contribution in [3.05, 3.63) is 75.9 Å². The molecule has 1 heterocycles. The van der Waals surface area contributed by atoms with Crippen molar-refractivity contribution >= 4 is 23.5 Å². The maximum atomic E-state index is 12.9. The van der Waals surface area contributed by atoms with Crippen LogP contribution in [0.15, 0.2) is 53.6 Å². The van der Waals surface area contributed by atoms with Crippen molar-refractivity contribution in [3.63, 3.8) is 0 Å². The summed E-state index contributed by atoms with van der Waals surface area (Å²) in [7, 11) is 1.51. The Labute approximate surface area is 225 Å². The molecule has 3 N–H and O–H groups in total. The zero-order chi connectivity index (χ0) is 27.6. The van der Waals surface area contributed by atoms with Gasteiger partial charge >= 0.3 is 0 Å². The molecule has 0 bridgehead atoms. The summed E-state index contributed by atoms with van der Waals surface area (Å²) in [5, 5.41) is 32.2. The molecular weight excluding hydrogens is 478 g/mol. The number of aromatic hydroxyl groups is 1. The molecule has 4 atom stereocenters. The Morgan fingerprint density at radius 1 is 1.11 bits per heavy atom. The number of benzene rings is 2. The molecule has 0 saturated carbocycles. The molecule has 6 heteroatoms. The van der Waals surface area contributed by atoms with Crippen LogP contribution in [0.25, 0.3) is 11.6 Å². The number of aryl methyl sites for hydroxylation is 2. The molecule has 0 unspecified atom stereocenters. The van der Waals surface area contributed by atoms with Crippen LogP contribution in [0, 0.1) is 31.6 Å². The first-order valence-corrected chi connectivity index (χ1v) is 13.6. The Morgan fingerprint density at radius 2 is 1.76 bits per heavy atom. The van der Waals surface area contributed by atoms with E-state index < -0.39 is 23.9 Å². The first kappa shape index (κ1) is 27.8. The number of hydrogen-bond donors (Lipinski definition) is 3. The highest BCUT2D eigenvalue weighted by Crippen LogP contribution is 2.47. The molecule has 4 rings (SSSR count). The topological polar surface area (TPSA) is 98.1 Å². The molecule has 6 nitrogen and oxygen atoms in total. The molecule has 1 fully saturated rings. The summed E-state index contributed by atoms with van der Waals surface area (Å²) < 4.78 is 0. The maximum Gasteiger partial charge on any atom is 0.233 e. The van der Waals surface area contributed by atoms with Gasteiger partial charge in [-0.15, -0.1) is 0 Å². The summed E-state index contributed by atoms with van der Waals surface area (Å²) in [5.41, 5.74) is 6.44. The van der Waals surface area contributed by atoms with E-state index in [4.69, 9.17) is 0 Å². The Kier molecular flexibility index (Phi) is 8.54. The minimum Gasteiger partial charge on any atom is -0.507 e. The zero-order valence-corrected chi connectivity index (χ0v) is 22.8. The fourth-order valence-electron chi connectivity index (χ4n) is 6.33. The average Bonchev–Trinajstić information content (AvgIpc) is 3.12. The minimum absolute atomic E-state index is 0.186. The molecule has 1 aliphatic heterocycles. The molecule has 2 aromatic rings. The average molecular weight is 518 g/mol. The second-order valence-electron chi connectivity index (χ2n) is 10.8. The van der Waals surface area contributed by atoms with Gasteiger partial charge in [-0.1, -0.05) is 55.3 Å². The van der Waals surface area contributed by atoms with Crippen LogP contribution < -0.4 is 0 Å². The van der Waals surface area contributed by atoms with E-state index in [1.807, 2.05) is 56.3 Å². The quantitative estimate of drug-likeness (QED) is 0.246. The number of phenolic OH excluding ortho intramolecular Hbond substituents is 1. The van der Waals surface area contributed by atoms with Gasteiger partial charge < -0.3 is 15.3 Å². The fourth-order valence-corrected chi connectivity index (χ4v) is 6.33. The van der Waals surface area contributed by atoms with Gasteiger partial charge in [-0.2, -0.15) is 0 Å². The van der Waals surface area contributed by atoms with E-state index >= 15 is 0 Å². The number of allylic oxidation sites excluding steroid dienone is 2. The lowest BCUT2D eigenvalue weighted by Crippen LogP contribution is -2.39. The summed E-state index contributed by atoms with van der Waals surface area (Å²) in [6.45, 7) is 5.54. The van der Waals surface area contributed by atoms with Crippen molar-refractivity contribution in [3.8, 4) is 5.75 Å². The van der Waals surface area contributed by atoms with E-state index in [0.717, 1.165) is 51.8 Å². The van der Waals surface area contributed by atoms with Crippen LogP contribution in [0.4, 0.5) is 0 Å². The summed E-state index contributed by atoms with van der Waals surface area (Å²) in [6, 6.07) is 13.9. The molecule has 1 aliphatic carbocycles. The van der Waals surface area contributed by atoms with Crippen LogP contribution in [0.3, 0.4) is 0 Å². The van der Waals surface area contributed by atoms with Gasteiger partial charge in [0.1, 0.15) is 5.75 Å². The van der Waals surface area contributed by atoms with Gasteiger partial charge in [-0.05, 0) is 85.1 Å². The fraction of sp³-hybridized carbons (Fsp3) is 0.438. The predicted molar refractivity (Wildman–Crippen MR) is 149 cm³/mol. The van der Waals surface area contributed by atoms with Gasteiger partial charge in [0, 0.05) is 13.0 Å². The maximum absolute atomic E-state index is 12.9. The molecule has 2 aliphatic rings. The van der Waals surface area contributed by atoms with Crippen LogP contribution in [0.2, 0.25) is 0 Å². The molecule has 202 valence electrons. The third-order valence-corrected chi connectivity index (χ3v) is 8.20. The van der Waals surface area contributed by atoms with Gasteiger partial charge in [0.15, 0.2) is 0 Å². The molecule has 0 aromatic heterocycles. The standard InChI is InChI=1S/C32H39NO5/c1-5-9-24-17-25-29(32(38)33(4)31(25)37)26(18-34)28(24)27(35)13-12-23(22-10-7-6-8-11-22)16-21-14-19(2)30(36)20(3)15-21/h6-8,10-11,14-16,25-27,29,34-36H,5,9,12-13,17-18H2,1-4H3/b23-16-/t25-,26+,27-,29-/m1/s1. The number of carbonyl (C=O) groups excluding carboxylic acids is 2. The van der Waals surface area contributed by atoms with Crippen molar-refractivity contribution in [1.29, 1.82) is 0 Å². The zero-order valence-electron chi connectivity index (χ0n) is 22.8. The lowest BCUT2D eigenvalue weighted by molar-refractivity contribution is -0.138. The van der Waals surface area contributed by atoms with Crippen LogP contribution in [-0.2, 0) is 9.59 Å². The summed E-state index contributed by atoms with van der Waals surface area (Å²) in [4.78, 5) is 26.9. The van der Waals surface area contributed by atoms with Crippen molar-refractivity contribution < 1.29 is 24.9 Å². The van der Waals surface area contributed by atoms with Crippen molar-refractivity contribution in [1.82, 2.24) is 4.90 Å². The Morgan fingerprint density at radius 3 is 2.37 bits per heavy atom. The summed E-state index contributed by atoms with van der Waals surface area (Å²) in [6.07, 6.45) is 4.30. The highest BCUT2D eigenvalue weighted by atomic mass is 16.3. The van der Waals surface area contributed by atoms with Gasteiger partial charge in [-0.25, -0.2) is 0 Å². The Bertz CT molecular complexity index is 1240. The van der Waals surface area contributed by atoms with Gasteiger partial charge in [0.25, 0.3) is 0 Å². The first-order valence-electron chi connectivity index (χ1n) is 13.6. The SMILES string of the molecule is CCCC1=C([C@H](O)CC/C(=C/c2cc(C)c(O)c(C)c2)c2ccccc2)[C@H](CO)[C@@H]2C(=O)N(C)C(=O)[C@@H]2C1. The third kappa shape index (κ3) is 5.33. The summed E-state index contributed by atoms with van der Waals surface area (Å²) >= 11 is 0.